The fourth-order valence-corrected chi connectivity index (χ4v) is 3.01. The summed E-state index contributed by atoms with van der Waals surface area (Å²) in [6.45, 7) is 9.13. The van der Waals surface area contributed by atoms with E-state index >= 15 is 0 Å². The molecule has 1 aromatic rings. The summed E-state index contributed by atoms with van der Waals surface area (Å²) >= 11 is 1.58. The van der Waals surface area contributed by atoms with Crippen molar-refractivity contribution in [2.75, 3.05) is 13.2 Å². The van der Waals surface area contributed by atoms with Gasteiger partial charge in [0.2, 0.25) is 0 Å². The number of thiophene rings is 1. The number of rotatable bonds is 10. The highest BCUT2D eigenvalue weighted by atomic mass is 32.1. The van der Waals surface area contributed by atoms with E-state index in [4.69, 9.17) is 9.84 Å². The smallest absolute Gasteiger partial charge is 0.328 e. The Hall–Kier alpha value is -1.59. The maximum Gasteiger partial charge on any atom is 0.328 e. The van der Waals surface area contributed by atoms with Gasteiger partial charge in [0.15, 0.2) is 0 Å². The van der Waals surface area contributed by atoms with E-state index in [1.54, 1.807) is 17.4 Å². The first-order chi connectivity index (χ1) is 10.1. The summed E-state index contributed by atoms with van der Waals surface area (Å²) in [5, 5.41) is 12.2. The molecule has 21 heavy (non-hydrogen) atoms. The van der Waals surface area contributed by atoms with Crippen molar-refractivity contribution in [3.05, 3.63) is 34.6 Å². The number of carboxylic acid groups (broad SMARTS) is 1. The van der Waals surface area contributed by atoms with Gasteiger partial charge >= 0.3 is 5.97 Å². The van der Waals surface area contributed by atoms with Gasteiger partial charge in [-0.05, 0) is 31.9 Å². The summed E-state index contributed by atoms with van der Waals surface area (Å²) < 4.78 is 5.58. The Morgan fingerprint density at radius 1 is 1.57 bits per heavy atom. The normalized spacial score (nSPS) is 12.5. The fourth-order valence-electron chi connectivity index (χ4n) is 1.92. The van der Waals surface area contributed by atoms with Crippen molar-refractivity contribution in [2.45, 2.75) is 32.7 Å². The van der Waals surface area contributed by atoms with Crippen LogP contribution in [0.3, 0.4) is 0 Å². The molecule has 0 amide bonds. The standard InChI is InChI=1S/C16H23NO3S/c1-4-9-17-12(5-2)10-13-11-14(20-6-3)15(21-13)7-8-16(18)19/h4,7-8,11-12,17H,1,5-6,9-10H2,2-3H3,(H,18,19)/b8-7+. The Balaban J connectivity index is 2.84. The average molecular weight is 309 g/mol. The third kappa shape index (κ3) is 6.14. The van der Waals surface area contributed by atoms with Crippen molar-refractivity contribution in [3.8, 4) is 5.75 Å². The maximum absolute atomic E-state index is 10.6. The van der Waals surface area contributed by atoms with Crippen LogP contribution in [0, 0.1) is 0 Å². The zero-order valence-electron chi connectivity index (χ0n) is 12.6. The van der Waals surface area contributed by atoms with Gasteiger partial charge in [-0.3, -0.25) is 0 Å². The SMILES string of the molecule is C=CCNC(CC)Cc1cc(OCC)c(/C=C/C(=O)O)s1. The van der Waals surface area contributed by atoms with E-state index in [1.165, 1.54) is 4.88 Å². The Labute approximate surface area is 130 Å². The van der Waals surface area contributed by atoms with E-state index in [-0.39, 0.29) is 0 Å². The van der Waals surface area contributed by atoms with Crippen LogP contribution in [0.25, 0.3) is 6.08 Å². The Morgan fingerprint density at radius 2 is 2.33 bits per heavy atom. The first kappa shape index (κ1) is 17.5. The molecule has 0 saturated carbocycles. The minimum Gasteiger partial charge on any atom is -0.492 e. The summed E-state index contributed by atoms with van der Waals surface area (Å²) in [6.07, 6.45) is 6.51. The van der Waals surface area contributed by atoms with E-state index in [0.717, 1.165) is 36.1 Å². The molecule has 0 saturated heterocycles. The van der Waals surface area contributed by atoms with E-state index in [0.29, 0.717) is 12.6 Å². The summed E-state index contributed by atoms with van der Waals surface area (Å²) in [7, 11) is 0. The molecule has 1 rings (SSSR count). The third-order valence-electron chi connectivity index (χ3n) is 2.94. The lowest BCUT2D eigenvalue weighted by Gasteiger charge is -2.14. The van der Waals surface area contributed by atoms with Crippen LogP contribution in [0.1, 0.15) is 30.0 Å². The highest BCUT2D eigenvalue weighted by Crippen LogP contribution is 2.31. The zero-order valence-corrected chi connectivity index (χ0v) is 13.4. The number of nitrogens with one attached hydrogen (secondary N) is 1. The second kappa shape index (κ2) is 9.37. The van der Waals surface area contributed by atoms with Crippen molar-refractivity contribution in [2.24, 2.45) is 0 Å². The number of aliphatic carboxylic acids is 1. The third-order valence-corrected chi connectivity index (χ3v) is 4.05. The lowest BCUT2D eigenvalue weighted by atomic mass is 10.1. The van der Waals surface area contributed by atoms with Gasteiger partial charge in [0, 0.05) is 23.5 Å². The van der Waals surface area contributed by atoms with Crippen molar-refractivity contribution < 1.29 is 14.6 Å². The van der Waals surface area contributed by atoms with Gasteiger partial charge in [0.25, 0.3) is 0 Å². The molecule has 1 unspecified atom stereocenters. The molecule has 0 aliphatic rings. The number of ether oxygens (including phenoxy) is 1. The number of carbonyl (C=O) groups is 1. The van der Waals surface area contributed by atoms with Crippen molar-refractivity contribution in [1.82, 2.24) is 5.32 Å². The van der Waals surface area contributed by atoms with Gasteiger partial charge in [-0.2, -0.15) is 0 Å². The van der Waals surface area contributed by atoms with Crippen LogP contribution in [-0.4, -0.2) is 30.3 Å². The number of carboxylic acids is 1. The number of hydrogen-bond acceptors (Lipinski definition) is 4. The van der Waals surface area contributed by atoms with Gasteiger partial charge in [0.05, 0.1) is 11.5 Å². The Bertz CT molecular complexity index is 494. The molecule has 0 aliphatic heterocycles. The molecule has 0 bridgehead atoms. The summed E-state index contributed by atoms with van der Waals surface area (Å²) in [5.41, 5.74) is 0. The molecule has 4 nitrogen and oxygen atoms in total. The second-order valence-corrected chi connectivity index (χ2v) is 5.72. The molecular weight excluding hydrogens is 286 g/mol. The van der Waals surface area contributed by atoms with Crippen LogP contribution in [0.5, 0.6) is 5.75 Å². The zero-order chi connectivity index (χ0) is 15.7. The van der Waals surface area contributed by atoms with Crippen LogP contribution in [0.2, 0.25) is 0 Å². The molecule has 5 heteroatoms. The Kier molecular flexibility index (Phi) is 7.79. The van der Waals surface area contributed by atoms with Gasteiger partial charge in [-0.1, -0.05) is 13.0 Å². The topological polar surface area (TPSA) is 58.6 Å². The minimum atomic E-state index is -0.952. The quantitative estimate of drug-likeness (QED) is 0.514. The predicted molar refractivity (Wildman–Crippen MR) is 88.1 cm³/mol. The minimum absolute atomic E-state index is 0.382. The highest BCUT2D eigenvalue weighted by molar-refractivity contribution is 7.13. The van der Waals surface area contributed by atoms with Gasteiger partial charge in [-0.25, -0.2) is 4.79 Å². The highest BCUT2D eigenvalue weighted by Gasteiger charge is 2.12. The summed E-state index contributed by atoms with van der Waals surface area (Å²) in [4.78, 5) is 12.7. The van der Waals surface area contributed by atoms with Gasteiger partial charge in [0.1, 0.15) is 5.75 Å². The molecule has 0 spiro atoms. The van der Waals surface area contributed by atoms with E-state index in [1.807, 2.05) is 19.1 Å². The molecule has 2 N–H and O–H groups in total. The molecule has 0 aliphatic carbocycles. The molecule has 1 atom stereocenters. The van der Waals surface area contributed by atoms with Gasteiger partial charge < -0.3 is 15.2 Å². The van der Waals surface area contributed by atoms with Crippen molar-refractivity contribution >= 4 is 23.4 Å². The average Bonchev–Trinajstić information content (AvgIpc) is 2.83. The Morgan fingerprint density at radius 3 is 2.90 bits per heavy atom. The van der Waals surface area contributed by atoms with Crippen LogP contribution in [-0.2, 0) is 11.2 Å². The lowest BCUT2D eigenvalue weighted by molar-refractivity contribution is -0.131. The lowest BCUT2D eigenvalue weighted by Crippen LogP contribution is -2.30. The van der Waals surface area contributed by atoms with Crippen molar-refractivity contribution in [3.63, 3.8) is 0 Å². The monoisotopic (exact) mass is 309 g/mol. The summed E-state index contributed by atoms with van der Waals surface area (Å²) in [6, 6.07) is 2.39. The molecule has 1 heterocycles. The first-order valence-electron chi connectivity index (χ1n) is 7.11. The second-order valence-electron chi connectivity index (χ2n) is 4.55. The molecule has 0 radical (unpaired) electrons. The van der Waals surface area contributed by atoms with E-state index in [2.05, 4.69) is 18.8 Å². The summed E-state index contributed by atoms with van der Waals surface area (Å²) in [5.74, 6) is -0.194. The fraction of sp³-hybridized carbons (Fsp3) is 0.438. The van der Waals surface area contributed by atoms with E-state index in [9.17, 15) is 4.79 Å². The molecule has 116 valence electrons. The van der Waals surface area contributed by atoms with Gasteiger partial charge in [-0.15, -0.1) is 17.9 Å². The van der Waals surface area contributed by atoms with Crippen LogP contribution < -0.4 is 10.1 Å². The largest absolute Gasteiger partial charge is 0.492 e. The molecule has 0 fully saturated rings. The van der Waals surface area contributed by atoms with Crippen molar-refractivity contribution in [1.29, 1.82) is 0 Å². The molecular formula is C16H23NO3S. The predicted octanol–water partition coefficient (Wildman–Crippen LogP) is 3.34. The van der Waals surface area contributed by atoms with Crippen LogP contribution in [0.4, 0.5) is 0 Å². The maximum atomic E-state index is 10.6. The van der Waals surface area contributed by atoms with Crippen LogP contribution >= 0.6 is 11.3 Å². The van der Waals surface area contributed by atoms with Crippen LogP contribution in [0.15, 0.2) is 24.8 Å². The number of hydrogen-bond donors (Lipinski definition) is 2. The first-order valence-corrected chi connectivity index (χ1v) is 7.93. The molecule has 1 aromatic heterocycles. The molecule has 0 aromatic carbocycles. The van der Waals surface area contributed by atoms with E-state index < -0.39 is 5.97 Å².